The van der Waals surface area contributed by atoms with Gasteiger partial charge < -0.3 is 39.0 Å². The minimum Gasteiger partial charge on any atom is -0.479 e. The third-order valence-corrected chi connectivity index (χ3v) is 14.6. The molecule has 1 aliphatic heterocycles. The van der Waals surface area contributed by atoms with Crippen LogP contribution in [-0.2, 0) is 42.9 Å². The van der Waals surface area contributed by atoms with Crippen LogP contribution in [0, 0.1) is 0 Å². The first-order chi connectivity index (χ1) is 38.6. The number of carbonyl (C=O) groups excluding carboxylic acids is 3. The molecule has 6 atom stereocenters. The van der Waals surface area contributed by atoms with Crippen LogP contribution in [0.4, 0.5) is 0 Å². The molecule has 0 aromatic carbocycles. The first-order valence-corrected chi connectivity index (χ1v) is 32.3. The normalized spacial score (nSPS) is 18.2. The maximum absolute atomic E-state index is 13.2. The number of unbranched alkanes of at least 4 members (excludes halogenated alkanes) is 31. The molecule has 79 heavy (non-hydrogen) atoms. The van der Waals surface area contributed by atoms with Gasteiger partial charge in [-0.25, -0.2) is 4.79 Å². The van der Waals surface area contributed by atoms with Crippen molar-refractivity contribution in [3.8, 4) is 0 Å². The molecule has 0 spiro atoms. The van der Waals surface area contributed by atoms with E-state index in [9.17, 15) is 34.5 Å². The maximum Gasteiger partial charge on any atom is 0.335 e. The number of ether oxygens (including phenoxy) is 5. The number of aliphatic hydroxyl groups is 2. The molecule has 0 aromatic heterocycles. The molecular weight excluding hydrogens is 997 g/mol. The van der Waals surface area contributed by atoms with Crippen molar-refractivity contribution in [1.29, 1.82) is 0 Å². The van der Waals surface area contributed by atoms with Gasteiger partial charge in [0.1, 0.15) is 18.8 Å². The highest BCUT2D eigenvalue weighted by Crippen LogP contribution is 2.27. The fourth-order valence-electron chi connectivity index (χ4n) is 9.65. The fraction of sp³-hybridized carbons (Fsp3) is 0.791. The predicted molar refractivity (Wildman–Crippen MR) is 322 cm³/mol. The van der Waals surface area contributed by atoms with Crippen molar-refractivity contribution in [3.63, 3.8) is 0 Å². The smallest absolute Gasteiger partial charge is 0.335 e. The Hall–Kier alpha value is -3.58. The number of carboxylic acid groups (broad SMARTS) is 1. The number of rotatable bonds is 55. The summed E-state index contributed by atoms with van der Waals surface area (Å²) in [6.45, 7) is 5.89. The minimum absolute atomic E-state index is 0.0503. The lowest BCUT2D eigenvalue weighted by Gasteiger charge is -2.40. The van der Waals surface area contributed by atoms with E-state index >= 15 is 0 Å². The molecule has 12 nitrogen and oxygen atoms in total. The van der Waals surface area contributed by atoms with Crippen molar-refractivity contribution in [2.24, 2.45) is 0 Å². The molecule has 6 unspecified atom stereocenters. The van der Waals surface area contributed by atoms with Crippen LogP contribution >= 0.6 is 0 Å². The van der Waals surface area contributed by atoms with Crippen LogP contribution in [0.25, 0.3) is 0 Å². The third kappa shape index (κ3) is 44.7. The lowest BCUT2D eigenvalue weighted by Crippen LogP contribution is -2.61. The molecule has 1 aliphatic rings. The molecule has 12 heteroatoms. The van der Waals surface area contributed by atoms with E-state index in [1.54, 1.807) is 0 Å². The number of carbonyl (C=O) groups is 4. The van der Waals surface area contributed by atoms with E-state index < -0.39 is 67.3 Å². The first-order valence-electron chi connectivity index (χ1n) is 32.3. The lowest BCUT2D eigenvalue weighted by atomic mass is 9.98. The monoisotopic (exact) mass is 1110 g/mol. The summed E-state index contributed by atoms with van der Waals surface area (Å²) in [5.41, 5.74) is 0. The molecule has 1 saturated heterocycles. The third-order valence-electron chi connectivity index (χ3n) is 14.6. The van der Waals surface area contributed by atoms with Crippen molar-refractivity contribution < 1.29 is 58.2 Å². The van der Waals surface area contributed by atoms with Crippen molar-refractivity contribution in [2.75, 3.05) is 13.2 Å². The number of carboxylic acids is 1. The van der Waals surface area contributed by atoms with E-state index in [-0.39, 0.29) is 25.9 Å². The van der Waals surface area contributed by atoms with E-state index in [1.165, 1.54) is 109 Å². The largest absolute Gasteiger partial charge is 0.479 e. The standard InChI is InChI=1S/C67H116O12/c1-4-7-10-13-16-19-22-25-28-29-30-31-34-35-38-41-44-47-50-53-59(68)75-56-58(77-60(69)54-51-48-45-42-39-36-32-26-23-20-17-14-11-8-5-2)57-76-67-65(63(72)62(71)64(79-67)66(73)74)78-61(70)55-52-49-46-43-40-37-33-27-24-21-18-15-12-9-6-3/h7,10,16,19,25,27-28,30-31,33,58,62-65,67,71-72H,4-6,8-9,11-15,17-18,20-24,26,29,32,34-57H2,1-3H3,(H,73,74)/b10-7-,19-16-,28-25-,31-30-,33-27-. The van der Waals surface area contributed by atoms with Crippen molar-refractivity contribution >= 4 is 23.9 Å². The highest BCUT2D eigenvalue weighted by atomic mass is 16.7. The molecular formula is C67H116O12. The first kappa shape index (κ1) is 73.4. The number of hydrogen-bond donors (Lipinski definition) is 3. The van der Waals surface area contributed by atoms with E-state index in [2.05, 4.69) is 81.5 Å². The van der Waals surface area contributed by atoms with Gasteiger partial charge in [-0.05, 0) is 83.5 Å². The van der Waals surface area contributed by atoms with Gasteiger partial charge in [-0.3, -0.25) is 14.4 Å². The van der Waals surface area contributed by atoms with Gasteiger partial charge in [-0.15, -0.1) is 0 Å². The Labute approximate surface area is 481 Å². The van der Waals surface area contributed by atoms with Crippen molar-refractivity contribution in [1.82, 2.24) is 0 Å². The topological polar surface area (TPSA) is 175 Å². The van der Waals surface area contributed by atoms with Crippen molar-refractivity contribution in [3.05, 3.63) is 60.8 Å². The van der Waals surface area contributed by atoms with Gasteiger partial charge in [0.05, 0.1) is 6.61 Å². The van der Waals surface area contributed by atoms with Gasteiger partial charge >= 0.3 is 23.9 Å². The van der Waals surface area contributed by atoms with Gasteiger partial charge in [-0.2, -0.15) is 0 Å². The molecule has 3 N–H and O–H groups in total. The van der Waals surface area contributed by atoms with Crippen LogP contribution in [0.15, 0.2) is 60.8 Å². The zero-order valence-corrected chi connectivity index (χ0v) is 50.4. The summed E-state index contributed by atoms with van der Waals surface area (Å²) in [5.74, 6) is -3.13. The molecule has 0 bridgehead atoms. The highest BCUT2D eigenvalue weighted by molar-refractivity contribution is 5.74. The van der Waals surface area contributed by atoms with Crippen molar-refractivity contribution in [2.45, 2.75) is 327 Å². The van der Waals surface area contributed by atoms with E-state index in [4.69, 9.17) is 23.7 Å². The van der Waals surface area contributed by atoms with Gasteiger partial charge in [0.25, 0.3) is 0 Å². The highest BCUT2D eigenvalue weighted by Gasteiger charge is 2.50. The Bertz CT molecular complexity index is 1600. The average Bonchev–Trinajstić information content (AvgIpc) is 3.46. The van der Waals surface area contributed by atoms with Crippen LogP contribution in [0.2, 0.25) is 0 Å². The zero-order chi connectivity index (χ0) is 57.5. The second-order valence-electron chi connectivity index (χ2n) is 22.0. The molecule has 456 valence electrons. The number of allylic oxidation sites excluding steroid dienone is 10. The Morgan fingerprint density at radius 2 is 0.797 bits per heavy atom. The fourth-order valence-corrected chi connectivity index (χ4v) is 9.65. The Morgan fingerprint density at radius 1 is 0.430 bits per heavy atom. The molecule has 0 radical (unpaired) electrons. The molecule has 1 heterocycles. The summed E-state index contributed by atoms with van der Waals surface area (Å²) in [4.78, 5) is 51.3. The van der Waals surface area contributed by atoms with Gasteiger partial charge in [-0.1, -0.05) is 248 Å². The van der Waals surface area contributed by atoms with Gasteiger partial charge in [0.15, 0.2) is 24.6 Å². The molecule has 0 aliphatic carbocycles. The Kier molecular flexibility index (Phi) is 51.1. The zero-order valence-electron chi connectivity index (χ0n) is 50.4. The second kappa shape index (κ2) is 55.0. The molecule has 0 amide bonds. The summed E-state index contributed by atoms with van der Waals surface area (Å²) in [6.07, 6.45) is 56.0. The average molecular weight is 1110 g/mol. The van der Waals surface area contributed by atoms with Crippen LogP contribution in [0.3, 0.4) is 0 Å². The maximum atomic E-state index is 13.2. The summed E-state index contributed by atoms with van der Waals surface area (Å²) in [6, 6.07) is 0. The molecule has 0 saturated carbocycles. The number of hydrogen-bond acceptors (Lipinski definition) is 11. The Morgan fingerprint density at radius 3 is 1.23 bits per heavy atom. The molecule has 1 rings (SSSR count). The quantitative estimate of drug-likeness (QED) is 0.0228. The van der Waals surface area contributed by atoms with Crippen LogP contribution < -0.4 is 0 Å². The molecule has 0 aromatic rings. The number of esters is 3. The summed E-state index contributed by atoms with van der Waals surface area (Å²) in [5, 5.41) is 31.6. The molecule has 1 fully saturated rings. The van der Waals surface area contributed by atoms with Gasteiger partial charge in [0.2, 0.25) is 0 Å². The number of aliphatic hydroxyl groups excluding tert-OH is 2. The summed E-state index contributed by atoms with van der Waals surface area (Å²) >= 11 is 0. The van der Waals surface area contributed by atoms with Crippen LogP contribution in [0.1, 0.15) is 290 Å². The van der Waals surface area contributed by atoms with E-state index in [0.717, 1.165) is 122 Å². The summed E-state index contributed by atoms with van der Waals surface area (Å²) in [7, 11) is 0. The van der Waals surface area contributed by atoms with E-state index in [0.29, 0.717) is 19.3 Å². The van der Waals surface area contributed by atoms with E-state index in [1.807, 2.05) is 0 Å². The lowest BCUT2D eigenvalue weighted by molar-refractivity contribution is -0.301. The SMILES string of the molecule is CC/C=C\C/C=C\C/C=C\C/C=C\CCCCCCCCC(=O)OCC(COC1OC(C(=O)O)C(O)C(O)C1OC(=O)CCCCCCC/C=C\CCCCCCCC)OC(=O)CCCCCCCCCCCCCCCCC. The van der Waals surface area contributed by atoms with Crippen LogP contribution in [0.5, 0.6) is 0 Å². The minimum atomic E-state index is -1.91. The second-order valence-corrected chi connectivity index (χ2v) is 22.0. The van der Waals surface area contributed by atoms with Gasteiger partial charge in [0, 0.05) is 19.3 Å². The van der Waals surface area contributed by atoms with Crippen LogP contribution in [-0.4, -0.2) is 89.2 Å². The summed E-state index contributed by atoms with van der Waals surface area (Å²) < 4.78 is 28.5. The predicted octanol–water partition coefficient (Wildman–Crippen LogP) is 17.1. The number of aliphatic carboxylic acids is 1. The Balaban J connectivity index is 2.67.